The van der Waals surface area contributed by atoms with E-state index in [9.17, 15) is 4.79 Å². The van der Waals surface area contributed by atoms with Gasteiger partial charge in [0.15, 0.2) is 5.60 Å². The minimum atomic E-state index is -1.64. The van der Waals surface area contributed by atoms with Crippen molar-refractivity contribution in [3.8, 4) is 11.5 Å². The molecule has 5 aromatic rings. The number of fused-ring (bicyclic) bond motifs is 1. The maximum Gasteiger partial charge on any atom is 0.341 e. The van der Waals surface area contributed by atoms with Gasteiger partial charge in [0, 0.05) is 43.1 Å². The van der Waals surface area contributed by atoms with E-state index in [0.717, 1.165) is 96.6 Å². The first-order chi connectivity index (χ1) is 29.0. The Morgan fingerprint density at radius 2 is 0.867 bits per heavy atom. The van der Waals surface area contributed by atoms with E-state index in [4.69, 9.17) is 60.6 Å². The number of nitrogens with zero attached hydrogens (tertiary/aromatic N) is 2. The number of hydrogen-bond donors (Lipinski definition) is 0. The summed E-state index contributed by atoms with van der Waals surface area (Å²) in [6, 6.07) is 32.5. The summed E-state index contributed by atoms with van der Waals surface area (Å²) in [5.41, 5.74) is 5.99. The van der Waals surface area contributed by atoms with Gasteiger partial charge in [-0.25, -0.2) is 4.79 Å². The molecule has 0 aromatic heterocycles. The summed E-state index contributed by atoms with van der Waals surface area (Å²) in [5, 5.41) is 0.0421. The summed E-state index contributed by atoms with van der Waals surface area (Å²) in [6.45, 7) is 12.5. The first-order valence-electron chi connectivity index (χ1n) is 20.6. The number of carbonyl (C=O) groups is 1. The lowest BCUT2D eigenvalue weighted by atomic mass is 9.83. The van der Waals surface area contributed by atoms with Gasteiger partial charge in [0.25, 0.3) is 0 Å². The fourth-order valence-electron chi connectivity index (χ4n) is 7.85. The van der Waals surface area contributed by atoms with Gasteiger partial charge in [-0.2, -0.15) is 0 Å². The minimum absolute atomic E-state index is 0.0212. The maximum atomic E-state index is 14.3. The standard InChI is InChI=1S/C50H52Cl4N2O4/c1-7-27-55(28-8-2)37-19-11-33(12-20-37)41(35-15-23-39(58-5)24-16-35)31-50(44-43(49(57)60-50)45(51)47(53)48(54)46(44)52)32-42(36-17-25-40(59-6)26-18-36)34-13-21-38(22-14-34)56(29-9-3)30-10-4/h11-26,31-32H,7-10,27-30H2,1-6H3/b41-31-,42-32-. The molecule has 314 valence electrons. The number of hydrogen-bond acceptors (Lipinski definition) is 6. The van der Waals surface area contributed by atoms with E-state index in [1.54, 1.807) is 14.2 Å². The Morgan fingerprint density at radius 1 is 0.533 bits per heavy atom. The van der Waals surface area contributed by atoms with Crippen molar-refractivity contribution >= 4 is 74.9 Å². The molecule has 0 unspecified atom stereocenters. The minimum Gasteiger partial charge on any atom is -0.497 e. The molecule has 1 heterocycles. The molecule has 0 aliphatic carbocycles. The molecule has 1 aliphatic heterocycles. The van der Waals surface area contributed by atoms with Crippen molar-refractivity contribution in [1.29, 1.82) is 0 Å². The molecule has 0 N–H and O–H groups in total. The molecule has 5 aromatic carbocycles. The Bertz CT molecular complexity index is 2190. The van der Waals surface area contributed by atoms with E-state index in [-0.39, 0.29) is 25.7 Å². The lowest BCUT2D eigenvalue weighted by Crippen LogP contribution is -2.25. The summed E-state index contributed by atoms with van der Waals surface area (Å²) in [6.07, 6.45) is 8.01. The molecule has 0 radical (unpaired) electrons. The molecule has 0 fully saturated rings. The summed E-state index contributed by atoms with van der Waals surface area (Å²) in [7, 11) is 3.27. The van der Waals surface area contributed by atoms with Crippen molar-refractivity contribution < 1.29 is 19.0 Å². The Balaban J connectivity index is 1.69. The van der Waals surface area contributed by atoms with Gasteiger partial charge in [-0.1, -0.05) is 123 Å². The predicted molar refractivity (Wildman–Crippen MR) is 252 cm³/mol. The third kappa shape index (κ3) is 9.48. The highest BCUT2D eigenvalue weighted by atomic mass is 35.5. The molecule has 10 heteroatoms. The van der Waals surface area contributed by atoms with Crippen molar-refractivity contribution in [3.63, 3.8) is 0 Å². The fourth-order valence-corrected chi connectivity index (χ4v) is 8.93. The van der Waals surface area contributed by atoms with Gasteiger partial charge in [-0.3, -0.25) is 0 Å². The molecule has 0 saturated carbocycles. The second kappa shape index (κ2) is 20.3. The van der Waals surface area contributed by atoms with Gasteiger partial charge in [-0.15, -0.1) is 0 Å². The van der Waals surface area contributed by atoms with Crippen LogP contribution in [0.4, 0.5) is 11.4 Å². The lowest BCUT2D eigenvalue weighted by molar-refractivity contribution is 0.0300. The van der Waals surface area contributed by atoms with Gasteiger partial charge in [0.2, 0.25) is 0 Å². The van der Waals surface area contributed by atoms with Crippen LogP contribution in [0.2, 0.25) is 20.1 Å². The molecule has 0 spiro atoms. The number of cyclic esters (lactones) is 1. The van der Waals surface area contributed by atoms with Crippen LogP contribution in [0.15, 0.2) is 109 Å². The molecule has 60 heavy (non-hydrogen) atoms. The van der Waals surface area contributed by atoms with Crippen LogP contribution in [0.5, 0.6) is 11.5 Å². The highest BCUT2D eigenvalue weighted by Crippen LogP contribution is 2.53. The summed E-state index contributed by atoms with van der Waals surface area (Å²) >= 11 is 27.6. The van der Waals surface area contributed by atoms with Crippen LogP contribution >= 0.6 is 46.4 Å². The topological polar surface area (TPSA) is 51.2 Å². The Labute approximate surface area is 375 Å². The van der Waals surface area contributed by atoms with Crippen LogP contribution in [0.1, 0.15) is 91.6 Å². The fraction of sp³-hybridized carbons (Fsp3) is 0.300. The number of halogens is 4. The Hall–Kier alpha value is -4.59. The number of methoxy groups -OCH3 is 2. The zero-order valence-electron chi connectivity index (χ0n) is 35.1. The van der Waals surface area contributed by atoms with Crippen LogP contribution in [-0.2, 0) is 10.3 Å². The van der Waals surface area contributed by atoms with Gasteiger partial charge in [0.05, 0.1) is 39.9 Å². The van der Waals surface area contributed by atoms with E-state index >= 15 is 0 Å². The highest BCUT2D eigenvalue weighted by molar-refractivity contribution is 6.53. The first kappa shape index (κ1) is 44.9. The van der Waals surface area contributed by atoms with Crippen molar-refractivity contribution in [3.05, 3.63) is 163 Å². The number of anilines is 2. The number of rotatable bonds is 18. The van der Waals surface area contributed by atoms with E-state index < -0.39 is 11.6 Å². The highest BCUT2D eigenvalue weighted by Gasteiger charge is 2.48. The van der Waals surface area contributed by atoms with Gasteiger partial charge in [-0.05, 0) is 120 Å². The van der Waals surface area contributed by atoms with Crippen LogP contribution in [0.3, 0.4) is 0 Å². The summed E-state index contributed by atoms with van der Waals surface area (Å²) in [5.74, 6) is 0.725. The van der Waals surface area contributed by atoms with Crippen LogP contribution < -0.4 is 19.3 Å². The number of benzene rings is 5. The number of esters is 1. The van der Waals surface area contributed by atoms with E-state index in [1.165, 1.54) is 0 Å². The summed E-state index contributed by atoms with van der Waals surface area (Å²) < 4.78 is 17.7. The summed E-state index contributed by atoms with van der Waals surface area (Å²) in [4.78, 5) is 19.1. The normalized spacial score (nSPS) is 15.1. The zero-order valence-corrected chi connectivity index (χ0v) is 38.1. The van der Waals surface area contributed by atoms with Crippen LogP contribution in [0, 0.1) is 0 Å². The van der Waals surface area contributed by atoms with E-state index in [0.29, 0.717) is 17.1 Å². The average Bonchev–Trinajstić information content (AvgIpc) is 3.57. The molecule has 0 bridgehead atoms. The molecular formula is C50H52Cl4N2O4. The van der Waals surface area contributed by atoms with Crippen LogP contribution in [-0.4, -0.2) is 46.4 Å². The molecule has 0 amide bonds. The van der Waals surface area contributed by atoms with Crippen LogP contribution in [0.25, 0.3) is 11.1 Å². The van der Waals surface area contributed by atoms with Crippen molar-refractivity contribution in [1.82, 2.24) is 0 Å². The maximum absolute atomic E-state index is 14.3. The second-order valence-corrected chi connectivity index (χ2v) is 16.3. The lowest BCUT2D eigenvalue weighted by Gasteiger charge is -2.28. The average molecular weight is 887 g/mol. The van der Waals surface area contributed by atoms with Gasteiger partial charge < -0.3 is 24.0 Å². The molecule has 1 aliphatic rings. The smallest absolute Gasteiger partial charge is 0.341 e. The van der Waals surface area contributed by atoms with E-state index in [1.807, 2.05) is 60.7 Å². The Morgan fingerprint density at radius 3 is 1.20 bits per heavy atom. The predicted octanol–water partition coefficient (Wildman–Crippen LogP) is 14.2. The van der Waals surface area contributed by atoms with E-state index in [2.05, 4.69) is 86.0 Å². The Kier molecular flexibility index (Phi) is 15.2. The molecular weight excluding hydrogens is 834 g/mol. The molecule has 6 rings (SSSR count). The van der Waals surface area contributed by atoms with Gasteiger partial charge in [0.1, 0.15) is 11.5 Å². The molecule has 0 saturated heterocycles. The third-order valence-electron chi connectivity index (χ3n) is 10.7. The van der Waals surface area contributed by atoms with Crippen molar-refractivity contribution in [2.24, 2.45) is 0 Å². The SMILES string of the molecule is CCCN(CCC)c1ccc(/C(=C/C2(/C=C(\c3ccc(OC)cc3)c3ccc(N(CCC)CCC)cc3)OC(=O)c3c(Cl)c(Cl)c(Cl)c(Cl)c32)c2ccc(OC)cc2)cc1. The quantitative estimate of drug-likeness (QED) is 0.0496. The second-order valence-electron chi connectivity index (χ2n) is 14.8. The van der Waals surface area contributed by atoms with Crippen molar-refractivity contribution in [2.75, 3.05) is 50.2 Å². The van der Waals surface area contributed by atoms with Gasteiger partial charge >= 0.3 is 5.97 Å². The number of ether oxygens (including phenoxy) is 3. The molecule has 6 nitrogen and oxygen atoms in total. The zero-order chi connectivity index (χ0) is 43.0. The van der Waals surface area contributed by atoms with Crippen molar-refractivity contribution in [2.45, 2.75) is 59.0 Å². The third-order valence-corrected chi connectivity index (χ3v) is 12.5. The first-order valence-corrected chi connectivity index (χ1v) is 22.1. The largest absolute Gasteiger partial charge is 0.497 e. The molecule has 0 atom stereocenters. The monoisotopic (exact) mass is 884 g/mol. The number of carbonyl (C=O) groups excluding carboxylic acids is 1.